The first kappa shape index (κ1) is 18.6. The normalized spacial score (nSPS) is 16.9. The highest BCUT2D eigenvalue weighted by Crippen LogP contribution is 2.35. The lowest BCUT2D eigenvalue weighted by Crippen LogP contribution is -2.44. The summed E-state index contributed by atoms with van der Waals surface area (Å²) < 4.78 is 6.58. The van der Waals surface area contributed by atoms with Gasteiger partial charge in [-0.25, -0.2) is 0 Å². The summed E-state index contributed by atoms with van der Waals surface area (Å²) in [6.07, 6.45) is 5.16. The van der Waals surface area contributed by atoms with Gasteiger partial charge in [0.15, 0.2) is 0 Å². The van der Waals surface area contributed by atoms with Gasteiger partial charge in [-0.15, -0.1) is 11.3 Å². The van der Waals surface area contributed by atoms with Crippen molar-refractivity contribution in [1.29, 1.82) is 0 Å². The summed E-state index contributed by atoms with van der Waals surface area (Å²) in [5.74, 6) is -0.0857. The van der Waals surface area contributed by atoms with Gasteiger partial charge in [-0.3, -0.25) is 4.79 Å². The first-order valence-electron chi connectivity index (χ1n) is 8.12. The van der Waals surface area contributed by atoms with Crippen LogP contribution in [0, 0.1) is 0 Å². The maximum atomic E-state index is 12.2. The summed E-state index contributed by atoms with van der Waals surface area (Å²) in [6.45, 7) is 1.97. The molecule has 0 unspecified atom stereocenters. The predicted octanol–water partition coefficient (Wildman–Crippen LogP) is 5.04. The molecule has 0 bridgehead atoms. The fraction of sp³-hybridized carbons (Fsp3) is 0.316. The van der Waals surface area contributed by atoms with Crippen molar-refractivity contribution in [3.05, 3.63) is 61.7 Å². The lowest BCUT2D eigenvalue weighted by molar-refractivity contribution is -0.116. The average Bonchev–Trinajstić information content (AvgIpc) is 3.04. The van der Waals surface area contributed by atoms with Crippen LogP contribution in [-0.2, 0) is 14.9 Å². The summed E-state index contributed by atoms with van der Waals surface area (Å²) in [4.78, 5) is 13.3. The van der Waals surface area contributed by atoms with Crippen molar-refractivity contribution in [3.8, 4) is 0 Å². The molecule has 0 saturated carbocycles. The smallest absolute Gasteiger partial charge is 0.244 e. The molecule has 3 rings (SSSR count). The van der Waals surface area contributed by atoms with Crippen LogP contribution in [0.5, 0.6) is 0 Å². The van der Waals surface area contributed by atoms with Crippen molar-refractivity contribution in [1.82, 2.24) is 5.32 Å². The molecule has 1 fully saturated rings. The van der Waals surface area contributed by atoms with Crippen molar-refractivity contribution in [2.45, 2.75) is 18.3 Å². The van der Waals surface area contributed by atoms with Gasteiger partial charge >= 0.3 is 0 Å². The van der Waals surface area contributed by atoms with Crippen LogP contribution < -0.4 is 5.32 Å². The van der Waals surface area contributed by atoms with Crippen molar-refractivity contribution in [2.75, 3.05) is 19.8 Å². The second-order valence-corrected chi connectivity index (χ2v) is 9.03. The zero-order chi connectivity index (χ0) is 17.7. The molecule has 3 nitrogen and oxygen atoms in total. The molecule has 1 N–H and O–H groups in total. The van der Waals surface area contributed by atoms with Crippen molar-refractivity contribution < 1.29 is 9.53 Å². The molecule has 0 aliphatic carbocycles. The van der Waals surface area contributed by atoms with E-state index >= 15 is 0 Å². The average molecular weight is 441 g/mol. The van der Waals surface area contributed by atoms with Gasteiger partial charge in [0, 0.05) is 41.1 Å². The monoisotopic (exact) mass is 439 g/mol. The second kappa shape index (κ2) is 8.49. The van der Waals surface area contributed by atoms with Gasteiger partial charge in [-0.05, 0) is 64.7 Å². The molecule has 25 heavy (non-hydrogen) atoms. The van der Waals surface area contributed by atoms with Crippen LogP contribution in [0.4, 0.5) is 0 Å². The Morgan fingerprint density at radius 3 is 2.80 bits per heavy atom. The van der Waals surface area contributed by atoms with E-state index in [1.54, 1.807) is 17.4 Å². The highest BCUT2D eigenvalue weighted by molar-refractivity contribution is 9.11. The Morgan fingerprint density at radius 1 is 1.32 bits per heavy atom. The number of hydrogen-bond donors (Lipinski definition) is 1. The molecule has 1 aliphatic rings. The fourth-order valence-electron chi connectivity index (χ4n) is 3.04. The number of benzene rings is 1. The van der Waals surface area contributed by atoms with E-state index in [0.717, 1.165) is 32.1 Å². The fourth-order valence-corrected chi connectivity index (χ4v) is 4.56. The third kappa shape index (κ3) is 4.94. The number of amides is 1. The Labute approximate surface area is 165 Å². The molecule has 1 aliphatic heterocycles. The Hall–Kier alpha value is -1.14. The number of carbonyl (C=O) groups is 1. The van der Waals surface area contributed by atoms with E-state index in [9.17, 15) is 4.79 Å². The van der Waals surface area contributed by atoms with Crippen LogP contribution in [0.25, 0.3) is 6.08 Å². The molecule has 2 aromatic rings. The zero-order valence-electron chi connectivity index (χ0n) is 13.6. The van der Waals surface area contributed by atoms with E-state index in [1.807, 2.05) is 36.4 Å². The Balaban J connectivity index is 1.68. The van der Waals surface area contributed by atoms with Gasteiger partial charge in [-0.2, -0.15) is 0 Å². The Morgan fingerprint density at radius 2 is 2.12 bits per heavy atom. The number of nitrogens with one attached hydrogen (secondary N) is 1. The van der Waals surface area contributed by atoms with E-state index < -0.39 is 0 Å². The lowest BCUT2D eigenvalue weighted by Gasteiger charge is -2.38. The lowest BCUT2D eigenvalue weighted by atomic mass is 9.74. The molecule has 1 aromatic carbocycles. The number of hydrogen-bond acceptors (Lipinski definition) is 3. The summed E-state index contributed by atoms with van der Waals surface area (Å²) in [6, 6.07) is 11.9. The summed E-state index contributed by atoms with van der Waals surface area (Å²) in [5, 5.41) is 3.78. The second-order valence-electron chi connectivity index (χ2n) is 6.10. The van der Waals surface area contributed by atoms with Gasteiger partial charge < -0.3 is 10.1 Å². The van der Waals surface area contributed by atoms with Crippen molar-refractivity contribution in [2.24, 2.45) is 0 Å². The molecule has 0 radical (unpaired) electrons. The number of ether oxygens (including phenoxy) is 1. The van der Waals surface area contributed by atoms with E-state index in [4.69, 9.17) is 16.3 Å². The minimum absolute atomic E-state index is 0.0857. The number of thiophene rings is 1. The van der Waals surface area contributed by atoms with E-state index in [-0.39, 0.29) is 11.3 Å². The van der Waals surface area contributed by atoms with Crippen LogP contribution in [-0.4, -0.2) is 25.7 Å². The van der Waals surface area contributed by atoms with Gasteiger partial charge in [0.05, 0.1) is 3.79 Å². The number of carbonyl (C=O) groups excluding carboxylic acids is 1. The SMILES string of the molecule is O=C(/C=C/c1ccc(Br)s1)NCC1(c2cccc(Cl)c2)CCOCC1. The Bertz CT molecular complexity index is 768. The topological polar surface area (TPSA) is 38.3 Å². The molecule has 0 atom stereocenters. The molecule has 132 valence electrons. The first-order chi connectivity index (χ1) is 12.1. The molecular weight excluding hydrogens is 422 g/mol. The number of halogens is 2. The van der Waals surface area contributed by atoms with Crippen LogP contribution in [0.3, 0.4) is 0 Å². The summed E-state index contributed by atoms with van der Waals surface area (Å²) >= 11 is 11.2. The number of rotatable bonds is 5. The van der Waals surface area contributed by atoms with E-state index in [1.165, 1.54) is 0 Å². The van der Waals surface area contributed by atoms with Crippen molar-refractivity contribution in [3.63, 3.8) is 0 Å². The van der Waals surface area contributed by atoms with Crippen LogP contribution >= 0.6 is 38.9 Å². The van der Waals surface area contributed by atoms with Gasteiger partial charge in [0.2, 0.25) is 5.91 Å². The predicted molar refractivity (Wildman–Crippen MR) is 107 cm³/mol. The van der Waals surface area contributed by atoms with Crippen LogP contribution in [0.1, 0.15) is 23.3 Å². The zero-order valence-corrected chi connectivity index (χ0v) is 16.8. The quantitative estimate of drug-likeness (QED) is 0.661. The molecular formula is C19H19BrClNO2S. The first-order valence-corrected chi connectivity index (χ1v) is 10.1. The highest BCUT2D eigenvalue weighted by atomic mass is 79.9. The molecule has 6 heteroatoms. The van der Waals surface area contributed by atoms with E-state index in [0.29, 0.717) is 19.8 Å². The third-order valence-corrected chi connectivity index (χ3v) is 6.30. The standard InChI is InChI=1S/C19H19BrClNO2S/c20-17-6-4-16(25-17)5-7-18(23)22-13-19(8-10-24-11-9-19)14-2-1-3-15(21)12-14/h1-7,12H,8-11,13H2,(H,22,23)/b7-5+. The van der Waals surface area contributed by atoms with Crippen LogP contribution in [0.2, 0.25) is 5.02 Å². The van der Waals surface area contributed by atoms with Gasteiger partial charge in [-0.1, -0.05) is 23.7 Å². The molecule has 2 heterocycles. The maximum Gasteiger partial charge on any atom is 0.244 e. The minimum Gasteiger partial charge on any atom is -0.381 e. The van der Waals surface area contributed by atoms with E-state index in [2.05, 4.69) is 27.3 Å². The van der Waals surface area contributed by atoms with Gasteiger partial charge in [0.25, 0.3) is 0 Å². The Kier molecular flexibility index (Phi) is 6.34. The summed E-state index contributed by atoms with van der Waals surface area (Å²) in [7, 11) is 0. The molecule has 1 aromatic heterocycles. The highest BCUT2D eigenvalue weighted by Gasteiger charge is 2.34. The molecule has 1 amide bonds. The molecule has 0 spiro atoms. The minimum atomic E-state index is -0.126. The van der Waals surface area contributed by atoms with Gasteiger partial charge in [0.1, 0.15) is 0 Å². The van der Waals surface area contributed by atoms with Crippen molar-refractivity contribution >= 4 is 50.9 Å². The van der Waals surface area contributed by atoms with Crippen LogP contribution in [0.15, 0.2) is 46.3 Å². The largest absolute Gasteiger partial charge is 0.381 e. The maximum absolute atomic E-state index is 12.2. The third-order valence-electron chi connectivity index (χ3n) is 4.48. The molecule has 1 saturated heterocycles. The summed E-state index contributed by atoms with van der Waals surface area (Å²) in [5.41, 5.74) is 1.04.